The lowest BCUT2D eigenvalue weighted by Gasteiger charge is -2.20. The Kier molecular flexibility index (Phi) is 4.99. The predicted octanol–water partition coefficient (Wildman–Crippen LogP) is 5.18. The number of rotatable bonds is 6. The van der Waals surface area contributed by atoms with Gasteiger partial charge in [0.25, 0.3) is 0 Å². The molecule has 0 saturated heterocycles. The summed E-state index contributed by atoms with van der Waals surface area (Å²) in [6.07, 6.45) is 3.61. The first kappa shape index (κ1) is 15.1. The van der Waals surface area contributed by atoms with Crippen molar-refractivity contribution in [2.24, 2.45) is 0 Å². The number of hydrogen-bond acceptors (Lipinski definition) is 1. The van der Waals surface area contributed by atoms with Gasteiger partial charge in [0.2, 0.25) is 0 Å². The Morgan fingerprint density at radius 3 is 2.52 bits per heavy atom. The molecule has 1 fully saturated rings. The lowest BCUT2D eigenvalue weighted by atomic mass is 9.91. The molecule has 2 aromatic carbocycles. The van der Waals surface area contributed by atoms with Crippen LogP contribution in [-0.2, 0) is 6.42 Å². The molecule has 1 aliphatic rings. The molecule has 2 aromatic rings. The number of hydrogen-bond donors (Lipinski definition) is 1. The summed E-state index contributed by atoms with van der Waals surface area (Å²) in [7, 11) is 0. The summed E-state index contributed by atoms with van der Waals surface area (Å²) in [4.78, 5) is 0. The minimum Gasteiger partial charge on any atom is -0.313 e. The van der Waals surface area contributed by atoms with Crippen molar-refractivity contribution >= 4 is 27.5 Å². The highest BCUT2D eigenvalue weighted by Crippen LogP contribution is 2.30. The second-order valence-corrected chi connectivity index (χ2v) is 6.96. The summed E-state index contributed by atoms with van der Waals surface area (Å²) in [5.74, 6) is 0.401. The Hall–Kier alpha value is -0.830. The molecule has 0 heterocycles. The van der Waals surface area contributed by atoms with Gasteiger partial charge in [-0.3, -0.25) is 0 Å². The largest absolute Gasteiger partial charge is 0.313 e. The molecule has 3 rings (SSSR count). The zero-order chi connectivity index (χ0) is 14.7. The third-order valence-electron chi connectivity index (χ3n) is 4.00. The number of nitrogens with one attached hydrogen (secondary N) is 1. The monoisotopic (exact) mass is 363 g/mol. The lowest BCUT2D eigenvalue weighted by molar-refractivity contribution is 0.576. The van der Waals surface area contributed by atoms with Crippen molar-refractivity contribution < 1.29 is 0 Å². The number of halogens is 2. The summed E-state index contributed by atoms with van der Waals surface area (Å²) >= 11 is 10.1. The first-order valence-electron chi connectivity index (χ1n) is 7.45. The molecular weight excluding hydrogens is 346 g/mol. The van der Waals surface area contributed by atoms with Crippen LogP contribution in [0.15, 0.2) is 53.0 Å². The maximum absolute atomic E-state index is 6.42. The third-order valence-corrected chi connectivity index (χ3v) is 5.12. The van der Waals surface area contributed by atoms with Crippen molar-refractivity contribution in [3.05, 3.63) is 69.2 Å². The van der Waals surface area contributed by atoms with E-state index in [2.05, 4.69) is 57.6 Å². The van der Waals surface area contributed by atoms with Crippen LogP contribution in [-0.4, -0.2) is 12.6 Å². The Bertz CT molecular complexity index is 610. The summed E-state index contributed by atoms with van der Waals surface area (Å²) in [6, 6.07) is 17.4. The van der Waals surface area contributed by atoms with Crippen LogP contribution in [0.3, 0.4) is 0 Å². The molecule has 0 aromatic heterocycles. The SMILES string of the molecule is Clc1ccccc1C(CNC1CC1)Cc1ccccc1Br. The molecule has 1 N–H and O–H groups in total. The first-order valence-corrected chi connectivity index (χ1v) is 8.62. The van der Waals surface area contributed by atoms with Crippen LogP contribution in [0.25, 0.3) is 0 Å². The van der Waals surface area contributed by atoms with Crippen LogP contribution < -0.4 is 5.32 Å². The van der Waals surface area contributed by atoms with Crippen molar-refractivity contribution in [1.82, 2.24) is 5.32 Å². The quantitative estimate of drug-likeness (QED) is 0.744. The van der Waals surface area contributed by atoms with E-state index in [1.54, 1.807) is 0 Å². The molecule has 0 aliphatic heterocycles. The van der Waals surface area contributed by atoms with Gasteiger partial charge in [-0.15, -0.1) is 0 Å². The second kappa shape index (κ2) is 6.95. The normalized spacial score (nSPS) is 15.9. The van der Waals surface area contributed by atoms with Gasteiger partial charge in [0.1, 0.15) is 0 Å². The maximum atomic E-state index is 6.42. The Morgan fingerprint density at radius 1 is 1.10 bits per heavy atom. The standard InChI is InChI=1S/C18H19BrClN/c19-17-7-3-1-5-13(17)11-14(12-21-15-9-10-15)16-6-2-4-8-18(16)20/h1-8,14-15,21H,9-12H2. The Balaban J connectivity index is 1.81. The van der Waals surface area contributed by atoms with Gasteiger partial charge >= 0.3 is 0 Å². The zero-order valence-corrected chi connectivity index (χ0v) is 14.2. The molecular formula is C18H19BrClN. The van der Waals surface area contributed by atoms with E-state index in [0.29, 0.717) is 12.0 Å². The average molecular weight is 365 g/mol. The fraction of sp³-hybridized carbons (Fsp3) is 0.333. The van der Waals surface area contributed by atoms with E-state index in [1.165, 1.54) is 28.4 Å². The van der Waals surface area contributed by atoms with E-state index in [-0.39, 0.29) is 0 Å². The van der Waals surface area contributed by atoms with Gasteiger partial charge in [-0.25, -0.2) is 0 Å². The van der Waals surface area contributed by atoms with Gasteiger partial charge in [-0.1, -0.05) is 63.9 Å². The average Bonchev–Trinajstić information content (AvgIpc) is 3.30. The topological polar surface area (TPSA) is 12.0 Å². The number of benzene rings is 2. The zero-order valence-electron chi connectivity index (χ0n) is 11.9. The molecule has 21 heavy (non-hydrogen) atoms. The van der Waals surface area contributed by atoms with Crippen LogP contribution in [0.4, 0.5) is 0 Å². The van der Waals surface area contributed by atoms with E-state index in [1.807, 2.05) is 12.1 Å². The first-order chi connectivity index (χ1) is 10.2. The fourth-order valence-electron chi connectivity index (χ4n) is 2.62. The van der Waals surface area contributed by atoms with E-state index < -0.39 is 0 Å². The van der Waals surface area contributed by atoms with Gasteiger partial charge in [0, 0.05) is 28.0 Å². The molecule has 0 bridgehead atoms. The Labute approximate surface area is 139 Å². The van der Waals surface area contributed by atoms with Gasteiger partial charge in [0.05, 0.1) is 0 Å². The van der Waals surface area contributed by atoms with Crippen LogP contribution >= 0.6 is 27.5 Å². The minimum atomic E-state index is 0.401. The van der Waals surface area contributed by atoms with Crippen molar-refractivity contribution in [1.29, 1.82) is 0 Å². The highest BCUT2D eigenvalue weighted by atomic mass is 79.9. The van der Waals surface area contributed by atoms with Gasteiger partial charge < -0.3 is 5.32 Å². The Morgan fingerprint density at radius 2 is 1.81 bits per heavy atom. The predicted molar refractivity (Wildman–Crippen MR) is 93.1 cm³/mol. The molecule has 0 radical (unpaired) electrons. The molecule has 1 aliphatic carbocycles. The van der Waals surface area contributed by atoms with Gasteiger partial charge in [0.15, 0.2) is 0 Å². The van der Waals surface area contributed by atoms with E-state index in [9.17, 15) is 0 Å². The third kappa shape index (κ3) is 4.09. The van der Waals surface area contributed by atoms with Crippen molar-refractivity contribution in [3.63, 3.8) is 0 Å². The van der Waals surface area contributed by atoms with E-state index >= 15 is 0 Å². The van der Waals surface area contributed by atoms with Gasteiger partial charge in [-0.2, -0.15) is 0 Å². The molecule has 1 saturated carbocycles. The van der Waals surface area contributed by atoms with Crippen LogP contribution in [0.5, 0.6) is 0 Å². The highest BCUT2D eigenvalue weighted by Gasteiger charge is 2.23. The summed E-state index contributed by atoms with van der Waals surface area (Å²) in [5, 5.41) is 4.52. The summed E-state index contributed by atoms with van der Waals surface area (Å²) in [5.41, 5.74) is 2.57. The molecule has 1 unspecified atom stereocenters. The molecule has 0 spiro atoms. The van der Waals surface area contributed by atoms with Crippen molar-refractivity contribution in [3.8, 4) is 0 Å². The second-order valence-electron chi connectivity index (χ2n) is 5.70. The fourth-order valence-corrected chi connectivity index (χ4v) is 3.36. The van der Waals surface area contributed by atoms with Crippen LogP contribution in [0, 0.1) is 0 Å². The smallest absolute Gasteiger partial charge is 0.0441 e. The van der Waals surface area contributed by atoms with Crippen LogP contribution in [0.1, 0.15) is 29.9 Å². The van der Waals surface area contributed by atoms with Gasteiger partial charge in [-0.05, 0) is 42.5 Å². The minimum absolute atomic E-state index is 0.401. The van der Waals surface area contributed by atoms with E-state index in [4.69, 9.17) is 11.6 Å². The molecule has 3 heteroatoms. The highest BCUT2D eigenvalue weighted by molar-refractivity contribution is 9.10. The molecule has 1 nitrogen and oxygen atoms in total. The van der Waals surface area contributed by atoms with E-state index in [0.717, 1.165) is 18.0 Å². The summed E-state index contributed by atoms with van der Waals surface area (Å²) < 4.78 is 1.17. The molecule has 0 amide bonds. The lowest BCUT2D eigenvalue weighted by Crippen LogP contribution is -2.25. The van der Waals surface area contributed by atoms with Crippen molar-refractivity contribution in [2.75, 3.05) is 6.54 Å². The molecule has 110 valence electrons. The molecule has 1 atom stereocenters. The maximum Gasteiger partial charge on any atom is 0.0441 e. The van der Waals surface area contributed by atoms with Crippen LogP contribution in [0.2, 0.25) is 5.02 Å². The van der Waals surface area contributed by atoms with Crippen molar-refractivity contribution in [2.45, 2.75) is 31.2 Å². The summed E-state index contributed by atoms with van der Waals surface area (Å²) in [6.45, 7) is 0.982.